The SMILES string of the molecule is CCOc1ccc(N2CCC(CC#N)C2(C)C)cc1. The van der Waals surface area contributed by atoms with Crippen molar-refractivity contribution in [3.8, 4) is 11.8 Å². The molecule has 1 unspecified atom stereocenters. The van der Waals surface area contributed by atoms with Crippen molar-refractivity contribution in [2.75, 3.05) is 18.1 Å². The second-order valence-corrected chi connectivity index (χ2v) is 5.58. The van der Waals surface area contributed by atoms with E-state index in [0.29, 0.717) is 18.9 Å². The average molecular weight is 258 g/mol. The summed E-state index contributed by atoms with van der Waals surface area (Å²) in [6.45, 7) is 8.17. The molecule has 0 aromatic heterocycles. The van der Waals surface area contributed by atoms with E-state index < -0.39 is 0 Å². The maximum absolute atomic E-state index is 8.93. The number of ether oxygens (including phenoxy) is 1. The lowest BCUT2D eigenvalue weighted by Crippen LogP contribution is -2.42. The Morgan fingerprint density at radius 2 is 2.05 bits per heavy atom. The zero-order valence-electron chi connectivity index (χ0n) is 12.0. The number of hydrogen-bond acceptors (Lipinski definition) is 3. The minimum atomic E-state index is 0.0445. The number of benzene rings is 1. The average Bonchev–Trinajstić information content (AvgIpc) is 2.67. The molecule has 1 aliphatic heterocycles. The number of rotatable bonds is 4. The lowest BCUT2D eigenvalue weighted by Gasteiger charge is -2.37. The molecule has 0 N–H and O–H groups in total. The molecule has 1 aromatic rings. The van der Waals surface area contributed by atoms with Crippen molar-refractivity contribution in [1.82, 2.24) is 0 Å². The number of anilines is 1. The molecule has 0 amide bonds. The molecule has 1 fully saturated rings. The summed E-state index contributed by atoms with van der Waals surface area (Å²) in [5.74, 6) is 1.36. The maximum atomic E-state index is 8.93. The largest absolute Gasteiger partial charge is 0.494 e. The van der Waals surface area contributed by atoms with Gasteiger partial charge in [-0.05, 0) is 57.4 Å². The van der Waals surface area contributed by atoms with Crippen LogP contribution >= 0.6 is 0 Å². The van der Waals surface area contributed by atoms with E-state index in [-0.39, 0.29) is 5.54 Å². The predicted molar refractivity (Wildman–Crippen MR) is 77.4 cm³/mol. The quantitative estimate of drug-likeness (QED) is 0.827. The van der Waals surface area contributed by atoms with Crippen molar-refractivity contribution in [1.29, 1.82) is 5.26 Å². The van der Waals surface area contributed by atoms with Gasteiger partial charge < -0.3 is 9.64 Å². The van der Waals surface area contributed by atoms with E-state index in [2.05, 4.69) is 36.9 Å². The topological polar surface area (TPSA) is 36.3 Å². The van der Waals surface area contributed by atoms with Crippen LogP contribution in [0.4, 0.5) is 5.69 Å². The highest BCUT2D eigenvalue weighted by molar-refractivity contribution is 5.52. The number of nitriles is 1. The summed E-state index contributed by atoms with van der Waals surface area (Å²) in [6, 6.07) is 10.6. The minimum absolute atomic E-state index is 0.0445. The van der Waals surface area contributed by atoms with E-state index >= 15 is 0 Å². The van der Waals surface area contributed by atoms with Gasteiger partial charge in [0.05, 0.1) is 12.7 Å². The molecule has 0 radical (unpaired) electrons. The van der Waals surface area contributed by atoms with Gasteiger partial charge in [0, 0.05) is 24.2 Å². The van der Waals surface area contributed by atoms with Crippen molar-refractivity contribution < 1.29 is 4.74 Å². The fraction of sp³-hybridized carbons (Fsp3) is 0.562. The van der Waals surface area contributed by atoms with E-state index in [1.807, 2.05) is 19.1 Å². The van der Waals surface area contributed by atoms with Gasteiger partial charge in [0.25, 0.3) is 0 Å². The Morgan fingerprint density at radius 1 is 1.37 bits per heavy atom. The Morgan fingerprint density at radius 3 is 2.63 bits per heavy atom. The van der Waals surface area contributed by atoms with Crippen LogP contribution < -0.4 is 9.64 Å². The summed E-state index contributed by atoms with van der Waals surface area (Å²) in [6.07, 6.45) is 1.73. The molecule has 102 valence electrons. The van der Waals surface area contributed by atoms with Crippen LogP contribution in [0.25, 0.3) is 0 Å². The van der Waals surface area contributed by atoms with Gasteiger partial charge in [0.1, 0.15) is 5.75 Å². The Bertz CT molecular complexity index is 459. The maximum Gasteiger partial charge on any atom is 0.119 e. The summed E-state index contributed by atoms with van der Waals surface area (Å²) in [4.78, 5) is 2.41. The van der Waals surface area contributed by atoms with Crippen LogP contribution in [0.15, 0.2) is 24.3 Å². The fourth-order valence-corrected chi connectivity index (χ4v) is 2.96. The summed E-state index contributed by atoms with van der Waals surface area (Å²) in [5, 5.41) is 8.93. The van der Waals surface area contributed by atoms with E-state index in [0.717, 1.165) is 18.7 Å². The highest BCUT2D eigenvalue weighted by Crippen LogP contribution is 2.40. The van der Waals surface area contributed by atoms with Gasteiger partial charge in [-0.25, -0.2) is 0 Å². The predicted octanol–water partition coefficient (Wildman–Crippen LogP) is 3.60. The van der Waals surface area contributed by atoms with Gasteiger partial charge >= 0.3 is 0 Å². The molecular weight excluding hydrogens is 236 g/mol. The van der Waals surface area contributed by atoms with Crippen LogP contribution in [-0.4, -0.2) is 18.7 Å². The second-order valence-electron chi connectivity index (χ2n) is 5.58. The first kappa shape index (κ1) is 13.7. The summed E-state index contributed by atoms with van der Waals surface area (Å²) < 4.78 is 5.47. The smallest absolute Gasteiger partial charge is 0.119 e. The van der Waals surface area contributed by atoms with Crippen LogP contribution in [0, 0.1) is 17.2 Å². The fourth-order valence-electron chi connectivity index (χ4n) is 2.96. The Hall–Kier alpha value is -1.69. The van der Waals surface area contributed by atoms with Crippen LogP contribution in [0.1, 0.15) is 33.6 Å². The highest BCUT2D eigenvalue weighted by Gasteiger charge is 2.40. The first-order valence-corrected chi connectivity index (χ1v) is 6.97. The highest BCUT2D eigenvalue weighted by atomic mass is 16.5. The molecule has 1 aliphatic rings. The Labute approximate surface area is 115 Å². The molecule has 3 heteroatoms. The third kappa shape index (κ3) is 2.68. The molecule has 0 spiro atoms. The van der Waals surface area contributed by atoms with Crippen LogP contribution in [0.2, 0.25) is 0 Å². The lowest BCUT2D eigenvalue weighted by atomic mass is 9.86. The molecular formula is C16H22N2O. The van der Waals surface area contributed by atoms with Crippen LogP contribution in [0.3, 0.4) is 0 Å². The third-order valence-electron chi connectivity index (χ3n) is 4.19. The third-order valence-corrected chi connectivity index (χ3v) is 4.19. The van der Waals surface area contributed by atoms with Crippen molar-refractivity contribution in [2.24, 2.45) is 5.92 Å². The van der Waals surface area contributed by atoms with E-state index in [9.17, 15) is 0 Å². The molecule has 0 aliphatic carbocycles. The first-order chi connectivity index (χ1) is 9.09. The lowest BCUT2D eigenvalue weighted by molar-refractivity contribution is 0.340. The molecule has 3 nitrogen and oxygen atoms in total. The van der Waals surface area contributed by atoms with E-state index in [1.54, 1.807) is 0 Å². The normalized spacial score (nSPS) is 21.2. The Balaban J connectivity index is 2.16. The van der Waals surface area contributed by atoms with E-state index in [4.69, 9.17) is 10.00 Å². The molecule has 1 aromatic carbocycles. The molecule has 1 heterocycles. The van der Waals surface area contributed by atoms with Crippen molar-refractivity contribution in [2.45, 2.75) is 39.2 Å². The van der Waals surface area contributed by atoms with Crippen molar-refractivity contribution in [3.05, 3.63) is 24.3 Å². The summed E-state index contributed by atoms with van der Waals surface area (Å²) in [7, 11) is 0. The van der Waals surface area contributed by atoms with Gasteiger partial charge in [-0.1, -0.05) is 0 Å². The van der Waals surface area contributed by atoms with Gasteiger partial charge in [-0.15, -0.1) is 0 Å². The second kappa shape index (κ2) is 5.52. The summed E-state index contributed by atoms with van der Waals surface area (Å²) >= 11 is 0. The standard InChI is InChI=1S/C16H22N2O/c1-4-19-15-7-5-14(6-8-15)18-12-10-13(9-11-17)16(18,2)3/h5-8,13H,4,9-10,12H2,1-3H3. The molecule has 19 heavy (non-hydrogen) atoms. The van der Waals surface area contributed by atoms with Crippen molar-refractivity contribution >= 4 is 5.69 Å². The van der Waals surface area contributed by atoms with Crippen molar-refractivity contribution in [3.63, 3.8) is 0 Å². The van der Waals surface area contributed by atoms with E-state index in [1.165, 1.54) is 5.69 Å². The van der Waals surface area contributed by atoms with Gasteiger partial charge in [0.2, 0.25) is 0 Å². The Kier molecular flexibility index (Phi) is 3.99. The van der Waals surface area contributed by atoms with Crippen LogP contribution in [-0.2, 0) is 0 Å². The monoisotopic (exact) mass is 258 g/mol. The molecule has 0 bridgehead atoms. The molecule has 0 saturated carbocycles. The number of hydrogen-bond donors (Lipinski definition) is 0. The molecule has 1 atom stereocenters. The zero-order valence-corrected chi connectivity index (χ0v) is 12.0. The summed E-state index contributed by atoms with van der Waals surface area (Å²) in [5.41, 5.74) is 1.26. The molecule has 2 rings (SSSR count). The zero-order chi connectivity index (χ0) is 13.9. The van der Waals surface area contributed by atoms with Gasteiger partial charge in [-0.2, -0.15) is 5.26 Å². The number of nitrogens with zero attached hydrogens (tertiary/aromatic N) is 2. The first-order valence-electron chi connectivity index (χ1n) is 6.97. The molecule has 1 saturated heterocycles. The minimum Gasteiger partial charge on any atom is -0.494 e. The van der Waals surface area contributed by atoms with Crippen LogP contribution in [0.5, 0.6) is 5.75 Å². The van der Waals surface area contributed by atoms with Gasteiger partial charge in [0.15, 0.2) is 0 Å². The van der Waals surface area contributed by atoms with Gasteiger partial charge in [-0.3, -0.25) is 0 Å².